The zero-order valence-corrected chi connectivity index (χ0v) is 12.5. The number of amides is 1. The Hall–Kier alpha value is -2.39. The van der Waals surface area contributed by atoms with Gasteiger partial charge < -0.3 is 10.6 Å². The second-order valence-electron chi connectivity index (χ2n) is 5.32. The van der Waals surface area contributed by atoms with Gasteiger partial charge in [-0.05, 0) is 25.0 Å². The minimum atomic E-state index is -0.284. The third-order valence-corrected chi connectivity index (χ3v) is 4.23. The molecule has 1 aliphatic rings. The molecule has 1 saturated heterocycles. The van der Waals surface area contributed by atoms with E-state index in [4.69, 9.17) is 23.9 Å². The molecule has 2 heterocycles. The van der Waals surface area contributed by atoms with Crippen molar-refractivity contribution in [2.45, 2.75) is 12.8 Å². The van der Waals surface area contributed by atoms with Crippen molar-refractivity contribution in [1.29, 1.82) is 0 Å². The number of nitrogens with zero attached hydrogens (tertiary/aromatic N) is 4. The van der Waals surface area contributed by atoms with Gasteiger partial charge in [0, 0.05) is 23.5 Å². The fraction of sp³-hybridized carbons (Fsp3) is 0.333. The van der Waals surface area contributed by atoms with Crippen molar-refractivity contribution in [1.82, 2.24) is 9.97 Å². The lowest BCUT2D eigenvalue weighted by Gasteiger charge is -2.32. The summed E-state index contributed by atoms with van der Waals surface area (Å²) in [5.74, 6) is 0.261. The highest BCUT2D eigenvalue weighted by atomic mass is 35.5. The quantitative estimate of drug-likeness (QED) is 0.864. The van der Waals surface area contributed by atoms with Crippen LogP contribution in [0.3, 0.4) is 0 Å². The van der Waals surface area contributed by atoms with E-state index in [1.165, 1.54) is 6.33 Å². The highest BCUT2D eigenvalue weighted by Crippen LogP contribution is 2.34. The van der Waals surface area contributed by atoms with Crippen molar-refractivity contribution < 1.29 is 4.79 Å². The van der Waals surface area contributed by atoms with E-state index in [0.717, 1.165) is 30.6 Å². The van der Waals surface area contributed by atoms with Crippen molar-refractivity contribution >= 4 is 39.9 Å². The Morgan fingerprint density at radius 1 is 1.45 bits per heavy atom. The van der Waals surface area contributed by atoms with E-state index >= 15 is 0 Å². The number of aromatic nitrogens is 2. The van der Waals surface area contributed by atoms with Gasteiger partial charge in [-0.3, -0.25) is 4.79 Å². The van der Waals surface area contributed by atoms with E-state index in [2.05, 4.69) is 14.8 Å². The molecule has 2 N–H and O–H groups in total. The molecule has 0 radical (unpaired) electrons. The van der Waals surface area contributed by atoms with Crippen LogP contribution >= 0.6 is 11.6 Å². The van der Waals surface area contributed by atoms with E-state index in [0.29, 0.717) is 22.8 Å². The number of carbonyl (C=O) groups excluding carboxylic acids is 1. The third-order valence-electron chi connectivity index (χ3n) is 3.93. The number of hydrogen-bond donors (Lipinski definition) is 1. The molecule has 1 aliphatic heterocycles. The van der Waals surface area contributed by atoms with Gasteiger partial charge in [-0.25, -0.2) is 14.8 Å². The van der Waals surface area contributed by atoms with Crippen LogP contribution in [0.2, 0.25) is 5.02 Å². The van der Waals surface area contributed by atoms with Crippen LogP contribution in [0, 0.1) is 12.5 Å². The number of rotatable bonds is 2. The maximum atomic E-state index is 11.4. The van der Waals surface area contributed by atoms with Crippen LogP contribution in [-0.2, 0) is 4.79 Å². The van der Waals surface area contributed by atoms with Crippen LogP contribution in [0.25, 0.3) is 15.7 Å². The number of fused-ring (bicyclic) bond motifs is 1. The molecule has 3 rings (SSSR count). The Balaban J connectivity index is 2.07. The number of carbonyl (C=O) groups is 1. The fourth-order valence-electron chi connectivity index (χ4n) is 2.79. The fourth-order valence-corrected chi connectivity index (χ4v) is 2.99. The predicted molar refractivity (Wildman–Crippen MR) is 84.9 cm³/mol. The second-order valence-corrected chi connectivity index (χ2v) is 5.72. The predicted octanol–water partition coefficient (Wildman–Crippen LogP) is 2.54. The van der Waals surface area contributed by atoms with Gasteiger partial charge in [0.2, 0.25) is 11.6 Å². The molecule has 1 aromatic heterocycles. The largest absolute Gasteiger partial charge is 0.369 e. The lowest BCUT2D eigenvalue weighted by molar-refractivity contribution is -0.122. The summed E-state index contributed by atoms with van der Waals surface area (Å²) in [4.78, 5) is 25.5. The van der Waals surface area contributed by atoms with E-state index in [-0.39, 0.29) is 11.8 Å². The maximum Gasteiger partial charge on any atom is 0.222 e. The summed E-state index contributed by atoms with van der Waals surface area (Å²) in [5, 5.41) is 1.14. The number of halogens is 1. The molecule has 1 fully saturated rings. The molecule has 1 unspecified atom stereocenters. The summed E-state index contributed by atoms with van der Waals surface area (Å²) >= 11 is 6.06. The summed E-state index contributed by atoms with van der Waals surface area (Å²) in [5.41, 5.74) is 6.48. The van der Waals surface area contributed by atoms with E-state index < -0.39 is 0 Å². The van der Waals surface area contributed by atoms with Gasteiger partial charge in [-0.2, -0.15) is 0 Å². The highest BCUT2D eigenvalue weighted by molar-refractivity contribution is 6.34. The Morgan fingerprint density at radius 2 is 2.27 bits per heavy atom. The number of hydrogen-bond acceptors (Lipinski definition) is 4. The highest BCUT2D eigenvalue weighted by Gasteiger charge is 2.26. The molecule has 0 saturated carbocycles. The lowest BCUT2D eigenvalue weighted by atomic mass is 9.97. The van der Waals surface area contributed by atoms with Gasteiger partial charge in [-0.1, -0.05) is 11.6 Å². The number of nitrogens with two attached hydrogens (primary N) is 1. The third kappa shape index (κ3) is 2.55. The zero-order valence-electron chi connectivity index (χ0n) is 11.8. The maximum absolute atomic E-state index is 11.4. The average Bonchev–Trinajstić information content (AvgIpc) is 2.53. The van der Waals surface area contributed by atoms with Crippen LogP contribution in [-0.4, -0.2) is 29.0 Å². The zero-order chi connectivity index (χ0) is 15.7. The van der Waals surface area contributed by atoms with Crippen molar-refractivity contribution in [3.63, 3.8) is 0 Å². The van der Waals surface area contributed by atoms with Crippen LogP contribution in [0.5, 0.6) is 0 Å². The Morgan fingerprint density at radius 3 is 3.00 bits per heavy atom. The summed E-state index contributed by atoms with van der Waals surface area (Å²) in [6.45, 7) is 8.52. The SMILES string of the molecule is [C-]#[N+]c1cc2c(N3CCCC(C(N)=O)C3)ncnc2cc1Cl. The smallest absolute Gasteiger partial charge is 0.222 e. The first-order chi connectivity index (χ1) is 10.6. The van der Waals surface area contributed by atoms with Crippen LogP contribution < -0.4 is 10.6 Å². The Labute approximate surface area is 132 Å². The molecule has 0 bridgehead atoms. The van der Waals surface area contributed by atoms with E-state index in [1.807, 2.05) is 4.90 Å². The normalized spacial score (nSPS) is 18.2. The van der Waals surface area contributed by atoms with Crippen molar-refractivity contribution in [2.24, 2.45) is 11.7 Å². The molecule has 112 valence electrons. The average molecular weight is 316 g/mol. The minimum absolute atomic E-state index is 0.175. The summed E-state index contributed by atoms with van der Waals surface area (Å²) in [7, 11) is 0. The molecule has 6 nitrogen and oxygen atoms in total. The molecule has 1 aromatic carbocycles. The van der Waals surface area contributed by atoms with Gasteiger partial charge in [-0.15, -0.1) is 0 Å². The van der Waals surface area contributed by atoms with Crippen LogP contribution in [0.1, 0.15) is 12.8 Å². The molecule has 1 amide bonds. The molecule has 7 heteroatoms. The van der Waals surface area contributed by atoms with Gasteiger partial charge in [0.1, 0.15) is 12.1 Å². The van der Waals surface area contributed by atoms with Crippen molar-refractivity contribution in [3.05, 3.63) is 34.9 Å². The van der Waals surface area contributed by atoms with E-state index in [9.17, 15) is 4.79 Å². The molecule has 0 aliphatic carbocycles. The summed E-state index contributed by atoms with van der Waals surface area (Å²) in [6.07, 6.45) is 3.15. The lowest BCUT2D eigenvalue weighted by Crippen LogP contribution is -2.41. The molecule has 22 heavy (non-hydrogen) atoms. The number of piperidine rings is 1. The van der Waals surface area contributed by atoms with Gasteiger partial charge in [0.25, 0.3) is 0 Å². The first-order valence-electron chi connectivity index (χ1n) is 6.96. The Bertz CT molecular complexity index is 785. The van der Waals surface area contributed by atoms with Gasteiger partial charge in [0.05, 0.1) is 18.0 Å². The van der Waals surface area contributed by atoms with Crippen LogP contribution in [0.4, 0.5) is 11.5 Å². The molecule has 1 atom stereocenters. The van der Waals surface area contributed by atoms with Crippen molar-refractivity contribution in [3.8, 4) is 0 Å². The molecular weight excluding hydrogens is 302 g/mol. The molecule has 2 aromatic rings. The standard InChI is InChI=1S/C15H14ClN5O/c1-18-13-5-10-12(6-11(13)16)19-8-20-15(10)21-4-2-3-9(7-21)14(17)22/h5-6,8-9H,2-4,7H2,(H2,17,22). The second kappa shape index (κ2) is 5.78. The number of anilines is 1. The summed E-state index contributed by atoms with van der Waals surface area (Å²) in [6, 6.07) is 3.37. The first-order valence-corrected chi connectivity index (χ1v) is 7.34. The monoisotopic (exact) mass is 315 g/mol. The van der Waals surface area contributed by atoms with Gasteiger partial charge >= 0.3 is 0 Å². The van der Waals surface area contributed by atoms with E-state index in [1.54, 1.807) is 12.1 Å². The van der Waals surface area contributed by atoms with Crippen LogP contribution in [0.15, 0.2) is 18.5 Å². The topological polar surface area (TPSA) is 76.5 Å². The first kappa shape index (κ1) is 14.5. The van der Waals surface area contributed by atoms with Crippen molar-refractivity contribution in [2.75, 3.05) is 18.0 Å². The molecule has 0 spiro atoms. The Kier molecular flexibility index (Phi) is 3.82. The minimum Gasteiger partial charge on any atom is -0.369 e. The molecular formula is C15H14ClN5O. The number of benzene rings is 1. The number of primary amides is 1. The summed E-state index contributed by atoms with van der Waals surface area (Å²) < 4.78 is 0. The van der Waals surface area contributed by atoms with Gasteiger partial charge in [0.15, 0.2) is 0 Å².